The van der Waals surface area contributed by atoms with Crippen molar-refractivity contribution in [2.75, 3.05) is 19.0 Å². The van der Waals surface area contributed by atoms with E-state index in [-0.39, 0.29) is 19.4 Å². The number of rotatable bonds is 35. The number of aliphatic hydroxyl groups excluding tert-OH is 3. The van der Waals surface area contributed by atoms with Gasteiger partial charge in [-0.15, -0.1) is 0 Å². The smallest absolute Gasteiger partial charge is 0.306 e. The van der Waals surface area contributed by atoms with E-state index < -0.39 is 71.2 Å². The Morgan fingerprint density at radius 3 is 1.62 bits per heavy atom. The number of esters is 2. The third kappa shape index (κ3) is 28.3. The van der Waals surface area contributed by atoms with Crippen molar-refractivity contribution in [2.24, 2.45) is 0 Å². The second-order valence-electron chi connectivity index (χ2n) is 15.0. The third-order valence-corrected chi connectivity index (χ3v) is 10.4. The SMILES string of the molecule is CCCCC/C=C/C/C=C/CCCCCCCC(=O)OC[C@H](CO[C@H]1O[C@H](CS(=O)(=O)O)[C@@H](O)C(O)C1O)OC(=O)CCCCCCC/C=C/CCCCCC. The molecule has 0 amide bonds. The molecule has 0 spiro atoms. The summed E-state index contributed by atoms with van der Waals surface area (Å²) in [4.78, 5) is 25.3. The molecule has 0 bridgehead atoms. The van der Waals surface area contributed by atoms with Crippen LogP contribution in [0.1, 0.15) is 168 Å². The van der Waals surface area contributed by atoms with Crippen molar-refractivity contribution >= 4 is 22.1 Å². The quantitative estimate of drug-likeness (QED) is 0.0208. The first-order valence-electron chi connectivity index (χ1n) is 21.5. The largest absolute Gasteiger partial charge is 0.462 e. The number of unbranched alkanes of at least 4 members (excludes halogenated alkanes) is 17. The summed E-state index contributed by atoms with van der Waals surface area (Å²) in [6, 6.07) is 0. The fourth-order valence-corrected chi connectivity index (χ4v) is 6.98. The molecule has 0 aliphatic carbocycles. The number of hydrogen-bond donors (Lipinski definition) is 4. The molecule has 4 N–H and O–H groups in total. The Morgan fingerprint density at radius 2 is 1.07 bits per heavy atom. The molecule has 12 nitrogen and oxygen atoms in total. The molecule has 0 radical (unpaired) electrons. The molecule has 1 fully saturated rings. The van der Waals surface area contributed by atoms with Crippen LogP contribution in [-0.4, -0.2) is 96.0 Å². The zero-order valence-electron chi connectivity index (χ0n) is 34.5. The van der Waals surface area contributed by atoms with Crippen molar-refractivity contribution in [3.05, 3.63) is 36.5 Å². The predicted octanol–water partition coefficient (Wildman–Crippen LogP) is 8.22. The molecule has 1 heterocycles. The van der Waals surface area contributed by atoms with Gasteiger partial charge in [-0.2, -0.15) is 8.42 Å². The summed E-state index contributed by atoms with van der Waals surface area (Å²) in [5, 5.41) is 30.8. The van der Waals surface area contributed by atoms with Crippen LogP contribution in [0.15, 0.2) is 36.5 Å². The number of ether oxygens (including phenoxy) is 4. The minimum atomic E-state index is -4.60. The highest BCUT2D eigenvalue weighted by atomic mass is 32.2. The van der Waals surface area contributed by atoms with E-state index in [2.05, 4.69) is 50.3 Å². The van der Waals surface area contributed by atoms with Crippen LogP contribution in [0.4, 0.5) is 0 Å². The minimum absolute atomic E-state index is 0.151. The lowest BCUT2D eigenvalue weighted by Gasteiger charge is -2.40. The zero-order chi connectivity index (χ0) is 41.3. The molecule has 0 aromatic rings. The number of carbonyl (C=O) groups excluding carboxylic acids is 2. The fraction of sp³-hybridized carbons (Fsp3) is 0.814. The first kappa shape index (κ1) is 51.9. The molecule has 326 valence electrons. The van der Waals surface area contributed by atoms with Gasteiger partial charge < -0.3 is 34.3 Å². The van der Waals surface area contributed by atoms with E-state index in [9.17, 15) is 37.9 Å². The number of hydrogen-bond acceptors (Lipinski definition) is 11. The normalized spacial score (nSPS) is 21.0. The average molecular weight is 817 g/mol. The third-order valence-electron chi connectivity index (χ3n) is 9.69. The van der Waals surface area contributed by atoms with Crippen LogP contribution in [0.2, 0.25) is 0 Å². The highest BCUT2D eigenvalue weighted by Crippen LogP contribution is 2.24. The highest BCUT2D eigenvalue weighted by Gasteiger charge is 2.46. The van der Waals surface area contributed by atoms with Crippen LogP contribution in [0.5, 0.6) is 0 Å². The van der Waals surface area contributed by atoms with Crippen molar-refractivity contribution in [2.45, 2.75) is 205 Å². The van der Waals surface area contributed by atoms with Crippen LogP contribution in [-0.2, 0) is 38.7 Å². The van der Waals surface area contributed by atoms with Gasteiger partial charge in [0.05, 0.1) is 6.61 Å². The number of carbonyl (C=O) groups is 2. The first-order valence-corrected chi connectivity index (χ1v) is 23.2. The van der Waals surface area contributed by atoms with Gasteiger partial charge in [0.2, 0.25) is 0 Å². The molecular formula is C43H76O12S. The second-order valence-corrected chi connectivity index (χ2v) is 16.5. The van der Waals surface area contributed by atoms with Gasteiger partial charge in [-0.1, -0.05) is 121 Å². The first-order chi connectivity index (χ1) is 27.0. The second kappa shape index (κ2) is 33.8. The van der Waals surface area contributed by atoms with E-state index in [1.807, 2.05) is 0 Å². The molecule has 0 aromatic heterocycles. The van der Waals surface area contributed by atoms with Gasteiger partial charge in [-0.25, -0.2) is 0 Å². The monoisotopic (exact) mass is 817 g/mol. The Labute approximate surface area is 338 Å². The van der Waals surface area contributed by atoms with Crippen LogP contribution in [0.3, 0.4) is 0 Å². The Balaban J connectivity index is 2.49. The van der Waals surface area contributed by atoms with Crippen LogP contribution >= 0.6 is 0 Å². The van der Waals surface area contributed by atoms with Crippen molar-refractivity contribution in [3.63, 3.8) is 0 Å². The average Bonchev–Trinajstić information content (AvgIpc) is 3.16. The van der Waals surface area contributed by atoms with E-state index in [0.717, 1.165) is 83.5 Å². The van der Waals surface area contributed by atoms with Gasteiger partial charge in [0.25, 0.3) is 10.1 Å². The van der Waals surface area contributed by atoms with Crippen LogP contribution in [0, 0.1) is 0 Å². The summed E-state index contributed by atoms with van der Waals surface area (Å²) in [6.07, 6.45) is 27.6. The topological polar surface area (TPSA) is 186 Å². The summed E-state index contributed by atoms with van der Waals surface area (Å²) in [7, 11) is -4.60. The molecule has 1 rings (SSSR count). The zero-order valence-corrected chi connectivity index (χ0v) is 35.3. The predicted molar refractivity (Wildman–Crippen MR) is 219 cm³/mol. The van der Waals surface area contributed by atoms with Crippen LogP contribution < -0.4 is 0 Å². The van der Waals surface area contributed by atoms with E-state index in [1.54, 1.807) is 0 Å². The molecule has 56 heavy (non-hydrogen) atoms. The maximum atomic E-state index is 12.8. The van der Waals surface area contributed by atoms with Crippen molar-refractivity contribution in [3.8, 4) is 0 Å². The molecule has 0 saturated carbocycles. The van der Waals surface area contributed by atoms with Crippen molar-refractivity contribution in [1.29, 1.82) is 0 Å². The number of allylic oxidation sites excluding steroid dienone is 6. The summed E-state index contributed by atoms with van der Waals surface area (Å²) in [5.41, 5.74) is 0. The Kier molecular flexibility index (Phi) is 31.3. The summed E-state index contributed by atoms with van der Waals surface area (Å²) < 4.78 is 53.9. The molecule has 1 saturated heterocycles. The van der Waals surface area contributed by atoms with Crippen LogP contribution in [0.25, 0.3) is 0 Å². The standard InChI is InChI=1S/C43H76O12S/c1-3-5-7-9-11-13-15-17-18-20-21-23-25-27-29-31-38(44)52-33-36(34-53-43-42(48)41(47)40(46)37(55-43)35-56(49,50)51)54-39(45)32-30-28-26-24-22-19-16-14-12-10-8-6-4-2/h11,13-14,16-18,36-37,40-43,46-48H,3-10,12,15,19-35H2,1-2H3,(H,49,50,51)/b13-11+,16-14+,18-17+/t36-,37-,40-,41?,42?,43+/m1/s1. The van der Waals surface area contributed by atoms with E-state index in [4.69, 9.17) is 18.9 Å². The van der Waals surface area contributed by atoms with Gasteiger partial charge in [-0.05, 0) is 70.6 Å². The van der Waals surface area contributed by atoms with E-state index >= 15 is 0 Å². The van der Waals surface area contributed by atoms with Gasteiger partial charge in [-0.3, -0.25) is 14.1 Å². The molecule has 13 heteroatoms. The number of aliphatic hydroxyl groups is 3. The Bertz CT molecular complexity index is 1190. The lowest BCUT2D eigenvalue weighted by Crippen LogP contribution is -2.60. The minimum Gasteiger partial charge on any atom is -0.462 e. The molecule has 2 unspecified atom stereocenters. The van der Waals surface area contributed by atoms with E-state index in [0.29, 0.717) is 12.8 Å². The summed E-state index contributed by atoms with van der Waals surface area (Å²) in [5.74, 6) is -2.01. The van der Waals surface area contributed by atoms with Crippen molar-refractivity contribution < 1.29 is 56.8 Å². The lowest BCUT2D eigenvalue weighted by atomic mass is 10.00. The molecule has 6 atom stereocenters. The van der Waals surface area contributed by atoms with Gasteiger partial charge in [0.1, 0.15) is 36.8 Å². The van der Waals surface area contributed by atoms with Gasteiger partial charge in [0, 0.05) is 12.8 Å². The summed E-state index contributed by atoms with van der Waals surface area (Å²) in [6.45, 7) is 3.68. The van der Waals surface area contributed by atoms with E-state index in [1.165, 1.54) is 44.9 Å². The van der Waals surface area contributed by atoms with Crippen molar-refractivity contribution in [1.82, 2.24) is 0 Å². The fourth-order valence-electron chi connectivity index (χ4n) is 6.29. The molecule has 0 aromatic carbocycles. The molecule has 1 aliphatic rings. The maximum absolute atomic E-state index is 12.8. The van der Waals surface area contributed by atoms with Gasteiger partial charge in [0.15, 0.2) is 12.4 Å². The summed E-state index contributed by atoms with van der Waals surface area (Å²) >= 11 is 0. The maximum Gasteiger partial charge on any atom is 0.306 e. The Hall–Kier alpha value is -2.13. The lowest BCUT2D eigenvalue weighted by molar-refractivity contribution is -0.297. The van der Waals surface area contributed by atoms with Gasteiger partial charge >= 0.3 is 11.9 Å². The highest BCUT2D eigenvalue weighted by molar-refractivity contribution is 7.85. The molecule has 1 aliphatic heterocycles. The molecular weight excluding hydrogens is 741 g/mol. The Morgan fingerprint density at radius 1 is 0.607 bits per heavy atom.